The lowest BCUT2D eigenvalue weighted by Crippen LogP contribution is -2.47. The average molecular weight is 478 g/mol. The van der Waals surface area contributed by atoms with E-state index in [1.165, 1.54) is 28.3 Å². The fraction of sp³-hybridized carbons (Fsp3) is 0.381. The van der Waals surface area contributed by atoms with E-state index >= 15 is 0 Å². The van der Waals surface area contributed by atoms with Gasteiger partial charge in [0, 0.05) is 37.9 Å². The summed E-state index contributed by atoms with van der Waals surface area (Å²) in [6.07, 6.45) is 1.39. The van der Waals surface area contributed by atoms with Gasteiger partial charge >= 0.3 is 0 Å². The van der Waals surface area contributed by atoms with Gasteiger partial charge in [-0.1, -0.05) is 29.1 Å². The molecule has 8 nitrogen and oxygen atoms in total. The number of sulfonamides is 1. The second kappa shape index (κ2) is 9.26. The van der Waals surface area contributed by atoms with Crippen molar-refractivity contribution < 1.29 is 17.3 Å². The molecule has 4 rings (SSSR count). The first-order valence-electron chi connectivity index (χ1n) is 10.2. The van der Waals surface area contributed by atoms with Crippen molar-refractivity contribution in [1.82, 2.24) is 24.3 Å². The van der Waals surface area contributed by atoms with Crippen LogP contribution in [0.5, 0.6) is 0 Å². The number of pyridine rings is 1. The Labute approximate surface area is 190 Å². The highest BCUT2D eigenvalue weighted by atomic mass is 32.2. The molecule has 0 aliphatic carbocycles. The van der Waals surface area contributed by atoms with Gasteiger partial charge in [-0.2, -0.15) is 9.29 Å². The summed E-state index contributed by atoms with van der Waals surface area (Å²) in [5, 5.41) is 4.36. The van der Waals surface area contributed by atoms with Crippen LogP contribution < -0.4 is 0 Å². The van der Waals surface area contributed by atoms with Gasteiger partial charge in [-0.15, -0.1) is 0 Å². The van der Waals surface area contributed by atoms with E-state index in [-0.39, 0.29) is 16.0 Å². The van der Waals surface area contributed by atoms with Gasteiger partial charge in [-0.25, -0.2) is 17.8 Å². The summed E-state index contributed by atoms with van der Waals surface area (Å²) in [6, 6.07) is 8.04. The van der Waals surface area contributed by atoms with Crippen LogP contribution in [0.2, 0.25) is 0 Å². The summed E-state index contributed by atoms with van der Waals surface area (Å²) in [4.78, 5) is 11.0. The second-order valence-corrected chi connectivity index (χ2v) is 11.0. The third kappa shape index (κ3) is 4.85. The van der Waals surface area contributed by atoms with E-state index in [2.05, 4.69) is 20.0 Å². The average Bonchev–Trinajstić information content (AvgIpc) is 3.27. The van der Waals surface area contributed by atoms with E-state index in [9.17, 15) is 12.8 Å². The quantitative estimate of drug-likeness (QED) is 0.499. The number of benzene rings is 1. The number of likely N-dealkylation sites (N-methyl/N-ethyl adjacent to an activating group) is 1. The van der Waals surface area contributed by atoms with Gasteiger partial charge < -0.3 is 9.42 Å². The maximum absolute atomic E-state index is 13.8. The number of piperazine rings is 1. The first-order chi connectivity index (χ1) is 15.2. The zero-order chi connectivity index (χ0) is 22.9. The zero-order valence-corrected chi connectivity index (χ0v) is 19.7. The molecule has 1 atom stereocenters. The van der Waals surface area contributed by atoms with Crippen LogP contribution in [0.1, 0.15) is 23.6 Å². The van der Waals surface area contributed by atoms with E-state index in [0.717, 1.165) is 0 Å². The molecule has 1 fully saturated rings. The third-order valence-electron chi connectivity index (χ3n) is 5.33. The van der Waals surface area contributed by atoms with Crippen LogP contribution in [-0.4, -0.2) is 66.0 Å². The minimum atomic E-state index is -3.55. The fourth-order valence-corrected chi connectivity index (χ4v) is 5.43. The summed E-state index contributed by atoms with van der Waals surface area (Å²) in [7, 11) is -1.58. The molecule has 170 valence electrons. The Morgan fingerprint density at radius 1 is 1.16 bits per heavy atom. The molecule has 2 aromatic heterocycles. The number of halogens is 1. The lowest BCUT2D eigenvalue weighted by atomic mass is 10.1. The molecule has 1 aliphatic rings. The Morgan fingerprint density at radius 2 is 1.91 bits per heavy atom. The Bertz CT molecular complexity index is 1190. The Hall–Kier alpha value is -2.34. The summed E-state index contributed by atoms with van der Waals surface area (Å²) in [5.74, 6) is 0.363. The number of nitrogens with zero attached hydrogens (tertiary/aromatic N) is 5. The molecule has 1 saturated heterocycles. The molecule has 0 N–H and O–H groups in total. The molecule has 0 unspecified atom stereocenters. The van der Waals surface area contributed by atoms with E-state index in [1.807, 2.05) is 14.0 Å². The van der Waals surface area contributed by atoms with Gasteiger partial charge in [-0.3, -0.25) is 0 Å². The molecule has 11 heteroatoms. The maximum atomic E-state index is 13.8. The number of thioether (sulfide) groups is 1. The molecule has 3 heterocycles. The molecule has 3 aromatic rings. The minimum absolute atomic E-state index is 0.181. The van der Waals surface area contributed by atoms with Gasteiger partial charge in [0.25, 0.3) is 0 Å². The van der Waals surface area contributed by atoms with Gasteiger partial charge in [0.15, 0.2) is 0 Å². The summed E-state index contributed by atoms with van der Waals surface area (Å²) in [6.45, 7) is 5.93. The van der Waals surface area contributed by atoms with Crippen LogP contribution in [0, 0.1) is 12.7 Å². The van der Waals surface area contributed by atoms with Crippen molar-refractivity contribution in [2.45, 2.75) is 29.0 Å². The molecular weight excluding hydrogens is 453 g/mol. The summed E-state index contributed by atoms with van der Waals surface area (Å²) < 4.78 is 46.3. The van der Waals surface area contributed by atoms with Crippen molar-refractivity contribution in [1.29, 1.82) is 0 Å². The topological polar surface area (TPSA) is 92.4 Å². The number of hydrogen-bond acceptors (Lipinski definition) is 8. The van der Waals surface area contributed by atoms with E-state index < -0.39 is 10.0 Å². The van der Waals surface area contributed by atoms with Crippen molar-refractivity contribution in [2.75, 3.05) is 33.2 Å². The van der Waals surface area contributed by atoms with Gasteiger partial charge in [0.05, 0.1) is 10.3 Å². The molecule has 0 amide bonds. The lowest BCUT2D eigenvalue weighted by molar-refractivity contribution is 0.222. The molecule has 0 saturated carbocycles. The highest BCUT2D eigenvalue weighted by Gasteiger charge is 2.28. The molecular formula is C21H24FN5O3S2. The van der Waals surface area contributed by atoms with Crippen molar-refractivity contribution in [3.63, 3.8) is 0 Å². The summed E-state index contributed by atoms with van der Waals surface area (Å²) in [5.41, 5.74) is 1.09. The van der Waals surface area contributed by atoms with Crippen molar-refractivity contribution in [3.05, 3.63) is 53.8 Å². The first-order valence-corrected chi connectivity index (χ1v) is 12.5. The third-order valence-corrected chi connectivity index (χ3v) is 8.25. The summed E-state index contributed by atoms with van der Waals surface area (Å²) >= 11 is 1.37. The van der Waals surface area contributed by atoms with Gasteiger partial charge in [-0.05, 0) is 44.7 Å². The van der Waals surface area contributed by atoms with E-state index in [1.54, 1.807) is 31.2 Å². The number of aromatic nitrogens is 3. The van der Waals surface area contributed by atoms with Crippen LogP contribution in [0.3, 0.4) is 0 Å². The van der Waals surface area contributed by atoms with Crippen molar-refractivity contribution in [2.24, 2.45) is 0 Å². The van der Waals surface area contributed by atoms with Crippen LogP contribution >= 0.6 is 11.8 Å². The number of rotatable bonds is 6. The lowest BCUT2D eigenvalue weighted by Gasteiger charge is -2.31. The SMILES string of the molecule is Cc1ccc(-c2noc([C@@H](C)Sc3ccc(S(=O)(=O)N4CCN(C)CC4)cn3)n2)cc1F. The van der Waals surface area contributed by atoms with E-state index in [4.69, 9.17) is 4.52 Å². The Kier molecular flexibility index (Phi) is 6.61. The number of hydrogen-bond donors (Lipinski definition) is 0. The standard InChI is InChI=1S/C21H24FN5O3S2/c1-14-4-5-16(12-18(14)22)20-24-21(30-25-20)15(2)31-19-7-6-17(13-23-19)32(28,29)27-10-8-26(3)9-11-27/h4-7,12-13,15H,8-11H2,1-3H3/t15-/m1/s1. The Balaban J connectivity index is 1.43. The maximum Gasteiger partial charge on any atom is 0.244 e. The largest absolute Gasteiger partial charge is 0.338 e. The molecule has 32 heavy (non-hydrogen) atoms. The molecule has 1 aromatic carbocycles. The first kappa shape index (κ1) is 22.8. The second-order valence-electron chi connectivity index (χ2n) is 7.72. The fourth-order valence-electron chi connectivity index (χ4n) is 3.25. The van der Waals surface area contributed by atoms with E-state index in [0.29, 0.717) is 54.0 Å². The molecule has 1 aliphatic heterocycles. The predicted octanol–water partition coefficient (Wildman–Crippen LogP) is 3.37. The van der Waals surface area contributed by atoms with Crippen LogP contribution in [0.4, 0.5) is 4.39 Å². The highest BCUT2D eigenvalue weighted by Crippen LogP contribution is 2.34. The van der Waals surface area contributed by atoms with Crippen LogP contribution in [0.15, 0.2) is 51.0 Å². The van der Waals surface area contributed by atoms with Crippen molar-refractivity contribution in [3.8, 4) is 11.4 Å². The van der Waals surface area contributed by atoms with Gasteiger partial charge in [0.2, 0.25) is 21.7 Å². The Morgan fingerprint density at radius 3 is 2.56 bits per heavy atom. The molecule has 0 spiro atoms. The monoisotopic (exact) mass is 477 g/mol. The van der Waals surface area contributed by atoms with Gasteiger partial charge in [0.1, 0.15) is 10.7 Å². The van der Waals surface area contributed by atoms with Crippen LogP contribution in [-0.2, 0) is 10.0 Å². The normalized spacial score (nSPS) is 16.9. The highest BCUT2D eigenvalue weighted by molar-refractivity contribution is 7.99. The zero-order valence-electron chi connectivity index (χ0n) is 18.0. The minimum Gasteiger partial charge on any atom is -0.338 e. The van der Waals surface area contributed by atoms with Crippen LogP contribution in [0.25, 0.3) is 11.4 Å². The smallest absolute Gasteiger partial charge is 0.244 e. The van der Waals surface area contributed by atoms with Crippen molar-refractivity contribution >= 4 is 21.8 Å². The number of aryl methyl sites for hydroxylation is 1. The predicted molar refractivity (Wildman–Crippen MR) is 119 cm³/mol. The molecule has 0 bridgehead atoms. The molecule has 0 radical (unpaired) electrons.